The van der Waals surface area contributed by atoms with E-state index < -0.39 is 10.8 Å². The lowest BCUT2D eigenvalue weighted by Crippen LogP contribution is -2.17. The van der Waals surface area contributed by atoms with Crippen LogP contribution in [0.1, 0.15) is 5.56 Å². The third-order valence-corrected chi connectivity index (χ3v) is 5.50. The fourth-order valence-electron chi connectivity index (χ4n) is 2.29. The van der Waals surface area contributed by atoms with E-state index in [-0.39, 0.29) is 28.2 Å². The van der Waals surface area contributed by atoms with Crippen LogP contribution in [0.2, 0.25) is 10.0 Å². The lowest BCUT2D eigenvalue weighted by Gasteiger charge is -2.06. The number of amides is 1. The minimum absolute atomic E-state index is 0.0945. The summed E-state index contributed by atoms with van der Waals surface area (Å²) in [5.74, 6) is 5.47. The van der Waals surface area contributed by atoms with Gasteiger partial charge >= 0.3 is 0 Å². The Morgan fingerprint density at radius 3 is 2.81 bits per heavy atom. The number of rotatable bonds is 8. The zero-order valence-corrected chi connectivity index (χ0v) is 17.9. The first kappa shape index (κ1) is 22.3. The molecule has 0 spiro atoms. The molecule has 0 radical (unpaired) electrons. The summed E-state index contributed by atoms with van der Waals surface area (Å²) in [5.41, 5.74) is 3.11. The first-order valence-electron chi connectivity index (χ1n) is 8.46. The molecule has 0 aliphatic rings. The van der Waals surface area contributed by atoms with Gasteiger partial charge in [0.25, 0.3) is 11.6 Å². The molecule has 1 aromatic heterocycles. The summed E-state index contributed by atoms with van der Waals surface area (Å²) in [5, 5.41) is 26.2. The van der Waals surface area contributed by atoms with E-state index in [0.29, 0.717) is 15.6 Å². The van der Waals surface area contributed by atoms with E-state index in [1.165, 1.54) is 24.4 Å². The molecule has 0 saturated carbocycles. The van der Waals surface area contributed by atoms with Crippen molar-refractivity contribution in [2.75, 3.05) is 22.3 Å². The Hall–Kier alpha value is -3.35. The molecule has 0 aliphatic heterocycles. The highest BCUT2D eigenvalue weighted by atomic mass is 35.5. The standard InChI is InChI=1S/C17H14Cl2N8O3S/c18-11-5-3-4-10(15(11)19)8-21-23-16-24-25-17(26(16)20)31-9-14(28)22-12-6-1-2-7-13(12)27(29)30/h1-8H,9,20H2,(H,22,28)(H,23,24)/b21-8+. The summed E-state index contributed by atoms with van der Waals surface area (Å²) in [6, 6.07) is 10.9. The molecule has 31 heavy (non-hydrogen) atoms. The summed E-state index contributed by atoms with van der Waals surface area (Å²) >= 11 is 13.0. The summed E-state index contributed by atoms with van der Waals surface area (Å²) in [7, 11) is 0. The van der Waals surface area contributed by atoms with Gasteiger partial charge in [-0.15, -0.1) is 10.2 Å². The number of carbonyl (C=O) groups is 1. The van der Waals surface area contributed by atoms with Gasteiger partial charge in [0.2, 0.25) is 11.1 Å². The van der Waals surface area contributed by atoms with Gasteiger partial charge in [-0.25, -0.2) is 10.1 Å². The number of anilines is 2. The topological polar surface area (TPSA) is 153 Å². The molecule has 14 heteroatoms. The maximum absolute atomic E-state index is 12.2. The van der Waals surface area contributed by atoms with Crippen molar-refractivity contribution in [1.29, 1.82) is 0 Å². The zero-order chi connectivity index (χ0) is 22.4. The average molecular weight is 481 g/mol. The second-order valence-corrected chi connectivity index (χ2v) is 7.53. The highest BCUT2D eigenvalue weighted by molar-refractivity contribution is 7.99. The Morgan fingerprint density at radius 2 is 2.03 bits per heavy atom. The first-order chi connectivity index (χ1) is 14.9. The largest absolute Gasteiger partial charge is 0.334 e. The van der Waals surface area contributed by atoms with E-state index in [2.05, 4.69) is 26.0 Å². The number of aromatic nitrogens is 3. The molecule has 4 N–H and O–H groups in total. The van der Waals surface area contributed by atoms with Crippen LogP contribution < -0.4 is 16.6 Å². The van der Waals surface area contributed by atoms with Gasteiger partial charge in [0, 0.05) is 11.6 Å². The number of carbonyl (C=O) groups excluding carboxylic acids is 1. The predicted molar refractivity (Wildman–Crippen MR) is 120 cm³/mol. The molecular formula is C17H14Cl2N8O3S. The van der Waals surface area contributed by atoms with E-state index in [0.717, 1.165) is 16.4 Å². The molecule has 0 saturated heterocycles. The Labute approximate surface area is 189 Å². The SMILES string of the molecule is Nn1c(N/N=C/c2cccc(Cl)c2Cl)nnc1SCC(=O)Nc1ccccc1[N+](=O)[O-]. The van der Waals surface area contributed by atoms with Gasteiger partial charge in [0.1, 0.15) is 5.69 Å². The predicted octanol–water partition coefficient (Wildman–Crippen LogP) is 3.38. The van der Waals surface area contributed by atoms with Gasteiger partial charge in [-0.2, -0.15) is 5.10 Å². The van der Waals surface area contributed by atoms with Crippen LogP contribution in [0.3, 0.4) is 0 Å². The van der Waals surface area contributed by atoms with E-state index in [4.69, 9.17) is 29.0 Å². The number of nitrogens with one attached hydrogen (secondary N) is 2. The van der Waals surface area contributed by atoms with Crippen LogP contribution in [0.25, 0.3) is 0 Å². The molecule has 1 amide bonds. The number of para-hydroxylation sites is 2. The van der Waals surface area contributed by atoms with E-state index in [1.807, 2.05) is 0 Å². The van der Waals surface area contributed by atoms with Gasteiger partial charge in [0.15, 0.2) is 0 Å². The van der Waals surface area contributed by atoms with Crippen LogP contribution in [0.4, 0.5) is 17.3 Å². The number of hydrogen-bond donors (Lipinski definition) is 3. The molecule has 0 aliphatic carbocycles. The molecule has 2 aromatic carbocycles. The van der Waals surface area contributed by atoms with Crippen molar-refractivity contribution >= 4 is 64.4 Å². The van der Waals surface area contributed by atoms with Crippen molar-refractivity contribution in [2.24, 2.45) is 5.10 Å². The number of benzene rings is 2. The second-order valence-electron chi connectivity index (χ2n) is 5.80. The smallest absolute Gasteiger partial charge is 0.292 e. The molecule has 3 aromatic rings. The van der Waals surface area contributed by atoms with Crippen LogP contribution in [-0.4, -0.2) is 37.7 Å². The molecule has 0 unspecified atom stereocenters. The molecule has 0 atom stereocenters. The summed E-state index contributed by atoms with van der Waals surface area (Å²) in [6.45, 7) is 0. The Balaban J connectivity index is 1.58. The summed E-state index contributed by atoms with van der Waals surface area (Å²) in [4.78, 5) is 22.6. The number of hydrazone groups is 1. The van der Waals surface area contributed by atoms with Gasteiger partial charge in [0.05, 0.1) is 26.9 Å². The number of nitro groups is 1. The van der Waals surface area contributed by atoms with Crippen molar-refractivity contribution in [3.63, 3.8) is 0 Å². The van der Waals surface area contributed by atoms with Crippen LogP contribution >= 0.6 is 35.0 Å². The number of halogens is 2. The summed E-state index contributed by atoms with van der Waals surface area (Å²) in [6.07, 6.45) is 1.44. The van der Waals surface area contributed by atoms with Crippen molar-refractivity contribution in [2.45, 2.75) is 5.16 Å². The van der Waals surface area contributed by atoms with E-state index in [1.54, 1.807) is 24.3 Å². The Bertz CT molecular complexity index is 1150. The first-order valence-corrected chi connectivity index (χ1v) is 10.2. The van der Waals surface area contributed by atoms with Crippen molar-refractivity contribution < 1.29 is 9.72 Å². The van der Waals surface area contributed by atoms with E-state index >= 15 is 0 Å². The number of thioether (sulfide) groups is 1. The second kappa shape index (κ2) is 10.1. The normalized spacial score (nSPS) is 10.9. The Kier molecular flexibility index (Phi) is 7.28. The van der Waals surface area contributed by atoms with Gasteiger partial charge in [-0.3, -0.25) is 14.9 Å². The van der Waals surface area contributed by atoms with Gasteiger partial charge < -0.3 is 11.2 Å². The fourth-order valence-corrected chi connectivity index (χ4v) is 3.30. The fraction of sp³-hybridized carbons (Fsp3) is 0.0588. The third-order valence-electron chi connectivity index (χ3n) is 3.72. The maximum Gasteiger partial charge on any atom is 0.292 e. The van der Waals surface area contributed by atoms with E-state index in [9.17, 15) is 14.9 Å². The van der Waals surface area contributed by atoms with Crippen LogP contribution in [0, 0.1) is 10.1 Å². The highest BCUT2D eigenvalue weighted by Gasteiger charge is 2.16. The minimum Gasteiger partial charge on any atom is -0.334 e. The molecule has 1 heterocycles. The average Bonchev–Trinajstić information content (AvgIpc) is 3.09. The van der Waals surface area contributed by atoms with Crippen molar-refractivity contribution in [3.05, 3.63) is 68.2 Å². The van der Waals surface area contributed by atoms with Crippen LogP contribution in [0.5, 0.6) is 0 Å². The molecule has 11 nitrogen and oxygen atoms in total. The van der Waals surface area contributed by atoms with Crippen LogP contribution in [-0.2, 0) is 4.79 Å². The molecular weight excluding hydrogens is 467 g/mol. The lowest BCUT2D eigenvalue weighted by molar-refractivity contribution is -0.383. The van der Waals surface area contributed by atoms with Crippen molar-refractivity contribution in [3.8, 4) is 0 Å². The molecule has 0 fully saturated rings. The number of nitrogen functional groups attached to an aromatic ring is 1. The quantitative estimate of drug-likeness (QED) is 0.146. The maximum atomic E-state index is 12.2. The number of hydrogen-bond acceptors (Lipinski definition) is 9. The number of nitrogens with two attached hydrogens (primary N) is 1. The number of nitrogens with zero attached hydrogens (tertiary/aromatic N) is 5. The highest BCUT2D eigenvalue weighted by Crippen LogP contribution is 2.25. The number of nitro benzene ring substituents is 1. The molecule has 0 bridgehead atoms. The van der Waals surface area contributed by atoms with Gasteiger partial charge in [-0.05, 0) is 12.1 Å². The minimum atomic E-state index is -0.575. The monoisotopic (exact) mass is 480 g/mol. The summed E-state index contributed by atoms with van der Waals surface area (Å²) < 4.78 is 1.11. The molecule has 3 rings (SSSR count). The lowest BCUT2D eigenvalue weighted by atomic mass is 10.2. The Morgan fingerprint density at radius 1 is 1.26 bits per heavy atom. The molecule has 160 valence electrons. The van der Waals surface area contributed by atoms with Gasteiger partial charge in [-0.1, -0.05) is 59.2 Å². The van der Waals surface area contributed by atoms with Crippen LogP contribution in [0.15, 0.2) is 52.7 Å². The zero-order valence-electron chi connectivity index (χ0n) is 15.5. The third kappa shape index (κ3) is 5.63. The van der Waals surface area contributed by atoms with Crippen molar-refractivity contribution in [1.82, 2.24) is 14.9 Å².